The molecule has 0 saturated carbocycles. The third kappa shape index (κ3) is 2.30. The van der Waals surface area contributed by atoms with Crippen molar-refractivity contribution in [2.45, 2.75) is 25.3 Å². The minimum absolute atomic E-state index is 0.220. The highest BCUT2D eigenvalue weighted by molar-refractivity contribution is 5.81. The van der Waals surface area contributed by atoms with Gasteiger partial charge in [0, 0.05) is 6.54 Å². The average molecular weight is 244 g/mol. The summed E-state index contributed by atoms with van der Waals surface area (Å²) in [6.45, 7) is 0.790. The molecule has 1 unspecified atom stereocenters. The van der Waals surface area contributed by atoms with Gasteiger partial charge in [-0.05, 0) is 31.4 Å². The second kappa shape index (κ2) is 5.54. The van der Waals surface area contributed by atoms with E-state index in [1.807, 2.05) is 23.1 Å². The van der Waals surface area contributed by atoms with E-state index in [0.29, 0.717) is 5.56 Å². The van der Waals surface area contributed by atoms with Crippen LogP contribution >= 0.6 is 0 Å². The van der Waals surface area contributed by atoms with E-state index in [9.17, 15) is 4.79 Å². The molecular formula is C14H16N2O2. The first-order valence-corrected chi connectivity index (χ1v) is 6.11. The Balaban J connectivity index is 2.34. The molecule has 0 radical (unpaired) electrons. The summed E-state index contributed by atoms with van der Waals surface area (Å²) in [5.74, 6) is -0.220. The number of carbonyl (C=O) groups is 1. The second-order valence-corrected chi connectivity index (χ2v) is 4.36. The first-order chi connectivity index (χ1) is 8.77. The quantitative estimate of drug-likeness (QED) is 0.747. The molecule has 4 nitrogen and oxygen atoms in total. The van der Waals surface area contributed by atoms with Gasteiger partial charge in [-0.2, -0.15) is 5.26 Å². The Kier molecular flexibility index (Phi) is 3.83. The zero-order valence-electron chi connectivity index (χ0n) is 10.4. The zero-order chi connectivity index (χ0) is 13.0. The maximum atomic E-state index is 11.8. The lowest BCUT2D eigenvalue weighted by atomic mass is 10.00. The van der Waals surface area contributed by atoms with Gasteiger partial charge in [-0.1, -0.05) is 12.1 Å². The Morgan fingerprint density at radius 1 is 1.44 bits per heavy atom. The number of carbonyl (C=O) groups excluding carboxylic acids is 1. The number of hydrogen-bond acceptors (Lipinski definition) is 4. The van der Waals surface area contributed by atoms with Gasteiger partial charge in [-0.3, -0.25) is 0 Å². The number of para-hydroxylation sites is 1. The molecule has 1 aliphatic heterocycles. The van der Waals surface area contributed by atoms with Crippen molar-refractivity contribution in [3.63, 3.8) is 0 Å². The van der Waals surface area contributed by atoms with E-state index in [1.54, 1.807) is 6.07 Å². The largest absolute Gasteiger partial charge is 0.467 e. The fourth-order valence-corrected chi connectivity index (χ4v) is 2.42. The number of esters is 1. The van der Waals surface area contributed by atoms with E-state index in [-0.39, 0.29) is 12.0 Å². The van der Waals surface area contributed by atoms with Crippen LogP contribution in [-0.4, -0.2) is 25.7 Å². The van der Waals surface area contributed by atoms with Crippen LogP contribution in [0.5, 0.6) is 0 Å². The summed E-state index contributed by atoms with van der Waals surface area (Å²) in [4.78, 5) is 13.8. The number of ether oxygens (including phenoxy) is 1. The highest BCUT2D eigenvalue weighted by atomic mass is 16.5. The van der Waals surface area contributed by atoms with Crippen molar-refractivity contribution in [3.05, 3.63) is 29.8 Å². The van der Waals surface area contributed by atoms with Crippen LogP contribution < -0.4 is 4.90 Å². The molecule has 2 rings (SSSR count). The Morgan fingerprint density at radius 2 is 2.22 bits per heavy atom. The topological polar surface area (TPSA) is 53.3 Å². The molecule has 1 saturated heterocycles. The summed E-state index contributed by atoms with van der Waals surface area (Å²) < 4.78 is 4.85. The van der Waals surface area contributed by atoms with Crippen LogP contribution in [0.1, 0.15) is 24.8 Å². The van der Waals surface area contributed by atoms with Gasteiger partial charge in [-0.15, -0.1) is 0 Å². The lowest BCUT2D eigenvalue weighted by Gasteiger charge is -2.36. The molecule has 1 atom stereocenters. The molecule has 1 heterocycles. The molecule has 1 aromatic rings. The highest BCUT2D eigenvalue weighted by Crippen LogP contribution is 2.28. The van der Waals surface area contributed by atoms with Gasteiger partial charge in [0.25, 0.3) is 0 Å². The van der Waals surface area contributed by atoms with E-state index in [0.717, 1.165) is 31.5 Å². The second-order valence-electron chi connectivity index (χ2n) is 4.36. The smallest absolute Gasteiger partial charge is 0.328 e. The molecule has 1 fully saturated rings. The van der Waals surface area contributed by atoms with E-state index in [4.69, 9.17) is 10.00 Å². The highest BCUT2D eigenvalue weighted by Gasteiger charge is 2.30. The minimum atomic E-state index is -0.266. The van der Waals surface area contributed by atoms with E-state index >= 15 is 0 Å². The zero-order valence-corrected chi connectivity index (χ0v) is 10.4. The van der Waals surface area contributed by atoms with Crippen molar-refractivity contribution in [3.8, 4) is 6.07 Å². The summed E-state index contributed by atoms with van der Waals surface area (Å²) in [6, 6.07) is 9.30. The summed E-state index contributed by atoms with van der Waals surface area (Å²) in [7, 11) is 1.41. The molecule has 0 spiro atoms. The van der Waals surface area contributed by atoms with Gasteiger partial charge in [0.1, 0.15) is 12.1 Å². The van der Waals surface area contributed by atoms with Gasteiger partial charge in [0.2, 0.25) is 0 Å². The fourth-order valence-electron chi connectivity index (χ4n) is 2.42. The first kappa shape index (κ1) is 12.4. The van der Waals surface area contributed by atoms with E-state index < -0.39 is 0 Å². The standard InChI is InChI=1S/C14H16N2O2/c1-18-14(17)13-8-4-5-9-16(13)12-7-3-2-6-11(12)10-15/h2-3,6-7,13H,4-5,8-9H2,1H3. The first-order valence-electron chi connectivity index (χ1n) is 6.11. The number of anilines is 1. The van der Waals surface area contributed by atoms with Crippen molar-refractivity contribution in [1.29, 1.82) is 5.26 Å². The van der Waals surface area contributed by atoms with E-state index in [2.05, 4.69) is 6.07 Å². The molecular weight excluding hydrogens is 228 g/mol. The minimum Gasteiger partial charge on any atom is -0.467 e. The van der Waals surface area contributed by atoms with Crippen LogP contribution in [0.25, 0.3) is 0 Å². The normalized spacial score (nSPS) is 19.1. The number of nitriles is 1. The SMILES string of the molecule is COC(=O)C1CCCCN1c1ccccc1C#N. The maximum absolute atomic E-state index is 11.8. The van der Waals surface area contributed by atoms with Crippen LogP contribution in [0, 0.1) is 11.3 Å². The van der Waals surface area contributed by atoms with Gasteiger partial charge in [0.05, 0.1) is 18.4 Å². The summed E-state index contributed by atoms with van der Waals surface area (Å²) >= 11 is 0. The van der Waals surface area contributed by atoms with Crippen LogP contribution in [0.2, 0.25) is 0 Å². The summed E-state index contributed by atoms with van der Waals surface area (Å²) in [5, 5.41) is 9.14. The molecule has 0 bridgehead atoms. The molecule has 18 heavy (non-hydrogen) atoms. The van der Waals surface area contributed by atoms with Crippen molar-refractivity contribution in [2.24, 2.45) is 0 Å². The molecule has 0 aromatic heterocycles. The van der Waals surface area contributed by atoms with Gasteiger partial charge >= 0.3 is 5.97 Å². The average Bonchev–Trinajstić information content (AvgIpc) is 2.46. The van der Waals surface area contributed by atoms with Crippen LogP contribution in [-0.2, 0) is 9.53 Å². The number of piperidine rings is 1. The van der Waals surface area contributed by atoms with Crippen LogP contribution in [0.3, 0.4) is 0 Å². The van der Waals surface area contributed by atoms with Crippen molar-refractivity contribution < 1.29 is 9.53 Å². The monoisotopic (exact) mass is 244 g/mol. The Labute approximate surface area is 107 Å². The predicted molar refractivity (Wildman–Crippen MR) is 68.2 cm³/mol. The third-order valence-corrected chi connectivity index (χ3v) is 3.31. The van der Waals surface area contributed by atoms with Gasteiger partial charge in [-0.25, -0.2) is 4.79 Å². The molecule has 94 valence electrons. The number of nitrogens with zero attached hydrogens (tertiary/aromatic N) is 2. The molecule has 1 aliphatic rings. The van der Waals surface area contributed by atoms with Crippen LogP contribution in [0.4, 0.5) is 5.69 Å². The van der Waals surface area contributed by atoms with Gasteiger partial charge in [0.15, 0.2) is 0 Å². The molecule has 0 N–H and O–H groups in total. The number of methoxy groups -OCH3 is 1. The number of hydrogen-bond donors (Lipinski definition) is 0. The number of benzene rings is 1. The van der Waals surface area contributed by atoms with E-state index in [1.165, 1.54) is 7.11 Å². The molecule has 0 aliphatic carbocycles. The fraction of sp³-hybridized carbons (Fsp3) is 0.429. The Hall–Kier alpha value is -2.02. The predicted octanol–water partition coefficient (Wildman–Crippen LogP) is 2.09. The molecule has 1 aromatic carbocycles. The lowest BCUT2D eigenvalue weighted by Crippen LogP contribution is -2.45. The Bertz CT molecular complexity index is 479. The van der Waals surface area contributed by atoms with Gasteiger partial charge < -0.3 is 9.64 Å². The van der Waals surface area contributed by atoms with Crippen molar-refractivity contribution in [1.82, 2.24) is 0 Å². The summed E-state index contributed by atoms with van der Waals surface area (Å²) in [5.41, 5.74) is 1.43. The van der Waals surface area contributed by atoms with Crippen LogP contribution in [0.15, 0.2) is 24.3 Å². The Morgan fingerprint density at radius 3 is 2.94 bits per heavy atom. The molecule has 4 heteroatoms. The van der Waals surface area contributed by atoms with Crippen molar-refractivity contribution >= 4 is 11.7 Å². The molecule has 0 amide bonds. The lowest BCUT2D eigenvalue weighted by molar-refractivity contribution is -0.142. The summed E-state index contributed by atoms with van der Waals surface area (Å²) in [6.07, 6.45) is 2.84. The number of rotatable bonds is 2. The van der Waals surface area contributed by atoms with Crippen molar-refractivity contribution in [2.75, 3.05) is 18.6 Å². The third-order valence-electron chi connectivity index (χ3n) is 3.31. The maximum Gasteiger partial charge on any atom is 0.328 e.